The summed E-state index contributed by atoms with van der Waals surface area (Å²) in [5, 5.41) is 13.3. The van der Waals surface area contributed by atoms with Crippen molar-refractivity contribution in [3.8, 4) is 5.75 Å². The number of nitrogens with zero attached hydrogens (tertiary/aromatic N) is 3. The lowest BCUT2D eigenvalue weighted by Gasteiger charge is -2.23. The number of halogens is 4. The molecule has 1 aromatic heterocycles. The Balaban J connectivity index is 0.00000450. The predicted molar refractivity (Wildman–Crippen MR) is 121 cm³/mol. The minimum atomic E-state index is -4.44. The Morgan fingerprint density at radius 2 is 2.03 bits per heavy atom. The van der Waals surface area contributed by atoms with Gasteiger partial charge in [-0.1, -0.05) is 6.07 Å². The van der Waals surface area contributed by atoms with Gasteiger partial charge in [0.05, 0.1) is 18.7 Å². The van der Waals surface area contributed by atoms with Crippen LogP contribution in [0.4, 0.5) is 13.2 Å². The topological polar surface area (TPSA) is 62.0 Å². The number of aliphatic hydroxyl groups is 1. The number of guanidine groups is 1. The van der Waals surface area contributed by atoms with Crippen LogP contribution < -0.4 is 10.1 Å². The average molecular weight is 540 g/mol. The first-order chi connectivity index (χ1) is 13.7. The first-order valence-electron chi connectivity index (χ1n) is 9.28. The molecule has 0 radical (unpaired) electrons. The average Bonchev–Trinajstić information content (AvgIpc) is 3.07. The van der Waals surface area contributed by atoms with Gasteiger partial charge in [-0.25, -0.2) is 0 Å². The van der Waals surface area contributed by atoms with Crippen LogP contribution >= 0.6 is 24.0 Å². The van der Waals surface area contributed by atoms with Gasteiger partial charge in [0.2, 0.25) is 0 Å². The van der Waals surface area contributed by atoms with Crippen molar-refractivity contribution in [1.82, 2.24) is 14.8 Å². The highest BCUT2D eigenvalue weighted by Crippen LogP contribution is 2.31. The number of nitrogens with one attached hydrogen (secondary N) is 1. The van der Waals surface area contributed by atoms with Gasteiger partial charge in [0.25, 0.3) is 0 Å². The monoisotopic (exact) mass is 540 g/mol. The molecule has 0 aliphatic rings. The van der Waals surface area contributed by atoms with Gasteiger partial charge in [-0.3, -0.25) is 4.99 Å². The van der Waals surface area contributed by atoms with Gasteiger partial charge in [-0.2, -0.15) is 13.2 Å². The largest absolute Gasteiger partial charge is 0.491 e. The number of benzene rings is 1. The summed E-state index contributed by atoms with van der Waals surface area (Å²) in [5.74, 6) is 0.669. The highest BCUT2D eigenvalue weighted by atomic mass is 127. The van der Waals surface area contributed by atoms with Gasteiger partial charge in [0.1, 0.15) is 18.5 Å². The SMILES string of the molecule is CCNC(=NCC(O)COc1cccc(C(F)(F)F)c1)N(C)Cc1cccn1C.I. The Morgan fingerprint density at radius 1 is 1.30 bits per heavy atom. The molecule has 0 aliphatic carbocycles. The van der Waals surface area contributed by atoms with Crippen molar-refractivity contribution in [2.24, 2.45) is 12.0 Å². The number of alkyl halides is 3. The van der Waals surface area contributed by atoms with Gasteiger partial charge in [0.15, 0.2) is 5.96 Å². The number of ether oxygens (including phenoxy) is 1. The highest BCUT2D eigenvalue weighted by molar-refractivity contribution is 14.0. The molecule has 0 saturated heterocycles. The second-order valence-corrected chi connectivity index (χ2v) is 6.65. The molecule has 0 spiro atoms. The standard InChI is InChI=1S/C20H27F3N4O2.HI/c1-4-24-19(27(3)13-16-8-6-10-26(16)2)25-12-17(28)14-29-18-9-5-7-15(11-18)20(21,22)23;/h5-11,17,28H,4,12-14H2,1-3H3,(H,24,25);1H. The second-order valence-electron chi connectivity index (χ2n) is 6.65. The van der Waals surface area contributed by atoms with Crippen molar-refractivity contribution in [1.29, 1.82) is 0 Å². The molecule has 2 N–H and O–H groups in total. The Morgan fingerprint density at radius 3 is 2.63 bits per heavy atom. The maximum absolute atomic E-state index is 12.7. The maximum Gasteiger partial charge on any atom is 0.416 e. The Kier molecular flexibility index (Phi) is 10.5. The van der Waals surface area contributed by atoms with Crippen LogP contribution in [0, 0.1) is 0 Å². The van der Waals surface area contributed by atoms with E-state index in [1.165, 1.54) is 12.1 Å². The molecule has 0 fully saturated rings. The van der Waals surface area contributed by atoms with Gasteiger partial charge < -0.3 is 24.6 Å². The lowest BCUT2D eigenvalue weighted by Crippen LogP contribution is -2.39. The van der Waals surface area contributed by atoms with Crippen molar-refractivity contribution in [2.45, 2.75) is 25.7 Å². The Labute approximate surface area is 191 Å². The molecule has 30 heavy (non-hydrogen) atoms. The quantitative estimate of drug-likeness (QED) is 0.306. The predicted octanol–water partition coefficient (Wildman–Crippen LogP) is 3.50. The van der Waals surface area contributed by atoms with Crippen LogP contribution in [0.25, 0.3) is 0 Å². The third kappa shape index (κ3) is 8.05. The summed E-state index contributed by atoms with van der Waals surface area (Å²) < 4.78 is 45.6. The van der Waals surface area contributed by atoms with Crippen LogP contribution in [0.2, 0.25) is 0 Å². The number of hydrogen-bond donors (Lipinski definition) is 2. The van der Waals surface area contributed by atoms with E-state index in [9.17, 15) is 18.3 Å². The van der Waals surface area contributed by atoms with E-state index >= 15 is 0 Å². The summed E-state index contributed by atoms with van der Waals surface area (Å²) in [6.07, 6.45) is -3.43. The first-order valence-corrected chi connectivity index (χ1v) is 9.28. The lowest BCUT2D eigenvalue weighted by atomic mass is 10.2. The van der Waals surface area contributed by atoms with Crippen molar-refractivity contribution in [3.05, 3.63) is 53.9 Å². The third-order valence-corrected chi connectivity index (χ3v) is 4.20. The van der Waals surface area contributed by atoms with Gasteiger partial charge in [-0.15, -0.1) is 24.0 Å². The zero-order chi connectivity index (χ0) is 21.4. The van der Waals surface area contributed by atoms with Crippen molar-refractivity contribution in [2.75, 3.05) is 26.7 Å². The van der Waals surface area contributed by atoms with Crippen LogP contribution in [-0.4, -0.2) is 53.4 Å². The molecule has 6 nitrogen and oxygen atoms in total. The molecule has 0 bridgehead atoms. The van der Waals surface area contributed by atoms with E-state index in [1.807, 2.05) is 48.8 Å². The van der Waals surface area contributed by atoms with Crippen LogP contribution in [0.15, 0.2) is 47.6 Å². The zero-order valence-electron chi connectivity index (χ0n) is 17.2. The smallest absolute Gasteiger partial charge is 0.416 e. The van der Waals surface area contributed by atoms with E-state index < -0.39 is 17.8 Å². The maximum atomic E-state index is 12.7. The summed E-state index contributed by atoms with van der Waals surface area (Å²) >= 11 is 0. The van der Waals surface area contributed by atoms with Crippen LogP contribution in [0.5, 0.6) is 5.75 Å². The number of aliphatic hydroxyl groups excluding tert-OH is 1. The minimum Gasteiger partial charge on any atom is -0.491 e. The van der Waals surface area contributed by atoms with Crippen LogP contribution in [0.1, 0.15) is 18.2 Å². The van der Waals surface area contributed by atoms with Crippen LogP contribution in [-0.2, 0) is 19.8 Å². The Hall–Kier alpha value is -1.95. The Bertz CT molecular complexity index is 811. The molecule has 0 aliphatic heterocycles. The molecule has 1 atom stereocenters. The summed E-state index contributed by atoms with van der Waals surface area (Å²) in [4.78, 5) is 6.33. The molecule has 0 saturated carbocycles. The molecule has 2 aromatic rings. The van der Waals surface area contributed by atoms with Crippen molar-refractivity contribution >= 4 is 29.9 Å². The number of rotatable bonds is 8. The second kappa shape index (κ2) is 12.0. The van der Waals surface area contributed by atoms with E-state index in [0.29, 0.717) is 19.0 Å². The van der Waals surface area contributed by atoms with E-state index in [4.69, 9.17) is 4.74 Å². The third-order valence-electron chi connectivity index (χ3n) is 4.20. The fourth-order valence-corrected chi connectivity index (χ4v) is 2.65. The normalized spacial score (nSPS) is 12.8. The highest BCUT2D eigenvalue weighted by Gasteiger charge is 2.30. The number of aromatic nitrogens is 1. The number of hydrogen-bond acceptors (Lipinski definition) is 3. The molecule has 1 heterocycles. The molecule has 1 aromatic carbocycles. The molecule has 0 amide bonds. The summed E-state index contributed by atoms with van der Waals surface area (Å²) in [6, 6.07) is 8.54. The van der Waals surface area contributed by atoms with Gasteiger partial charge in [0, 0.05) is 32.5 Å². The zero-order valence-corrected chi connectivity index (χ0v) is 19.5. The van der Waals surface area contributed by atoms with Crippen molar-refractivity contribution in [3.63, 3.8) is 0 Å². The fourth-order valence-electron chi connectivity index (χ4n) is 2.65. The molecule has 168 valence electrons. The minimum absolute atomic E-state index is 0. The number of aliphatic imine (C=N–C) groups is 1. The van der Waals surface area contributed by atoms with Crippen LogP contribution in [0.3, 0.4) is 0 Å². The van der Waals surface area contributed by atoms with Gasteiger partial charge >= 0.3 is 6.18 Å². The molecule has 10 heteroatoms. The summed E-state index contributed by atoms with van der Waals surface area (Å²) in [7, 11) is 3.85. The molecule has 2 rings (SSSR count). The number of aryl methyl sites for hydroxylation is 1. The fraction of sp³-hybridized carbons (Fsp3) is 0.450. The lowest BCUT2D eigenvalue weighted by molar-refractivity contribution is -0.137. The van der Waals surface area contributed by atoms with Crippen molar-refractivity contribution < 1.29 is 23.0 Å². The molecule has 1 unspecified atom stereocenters. The first kappa shape index (κ1) is 26.1. The van der Waals surface area contributed by atoms with E-state index in [1.54, 1.807) is 0 Å². The summed E-state index contributed by atoms with van der Waals surface area (Å²) in [5.41, 5.74) is 0.311. The molecular weight excluding hydrogens is 512 g/mol. The van der Waals surface area contributed by atoms with E-state index in [0.717, 1.165) is 17.8 Å². The van der Waals surface area contributed by atoms with E-state index in [2.05, 4.69) is 10.3 Å². The van der Waals surface area contributed by atoms with E-state index in [-0.39, 0.29) is 42.9 Å². The molecular formula is C20H28F3IN4O2. The van der Waals surface area contributed by atoms with Gasteiger partial charge in [-0.05, 0) is 37.3 Å². The summed E-state index contributed by atoms with van der Waals surface area (Å²) in [6.45, 7) is 3.13.